The fraction of sp³-hybridized carbons (Fsp3) is 0. The van der Waals surface area contributed by atoms with E-state index in [1.807, 2.05) is 0 Å². The SMILES string of the molecule is O=C=Nc1cc(F)cc(F)c1O. The highest BCUT2D eigenvalue weighted by Gasteiger charge is 2.08. The highest BCUT2D eigenvalue weighted by Crippen LogP contribution is 2.29. The van der Waals surface area contributed by atoms with Crippen LogP contribution < -0.4 is 0 Å². The van der Waals surface area contributed by atoms with Crippen LogP contribution in [0.3, 0.4) is 0 Å². The van der Waals surface area contributed by atoms with Crippen molar-refractivity contribution >= 4 is 11.8 Å². The molecule has 1 aromatic carbocycles. The number of hydrogen-bond acceptors (Lipinski definition) is 3. The average molecular weight is 171 g/mol. The van der Waals surface area contributed by atoms with E-state index in [2.05, 4.69) is 4.99 Å². The zero-order chi connectivity index (χ0) is 9.14. The van der Waals surface area contributed by atoms with E-state index in [0.29, 0.717) is 6.07 Å². The lowest BCUT2D eigenvalue weighted by atomic mass is 10.3. The molecule has 12 heavy (non-hydrogen) atoms. The van der Waals surface area contributed by atoms with Crippen LogP contribution in [-0.4, -0.2) is 11.2 Å². The summed E-state index contributed by atoms with van der Waals surface area (Å²) >= 11 is 0. The molecule has 0 aliphatic heterocycles. The van der Waals surface area contributed by atoms with Crippen molar-refractivity contribution in [3.63, 3.8) is 0 Å². The van der Waals surface area contributed by atoms with Gasteiger partial charge in [-0.1, -0.05) is 0 Å². The summed E-state index contributed by atoms with van der Waals surface area (Å²) < 4.78 is 24.9. The van der Waals surface area contributed by atoms with E-state index >= 15 is 0 Å². The van der Waals surface area contributed by atoms with Crippen LogP contribution in [0.25, 0.3) is 0 Å². The van der Waals surface area contributed by atoms with Crippen molar-refractivity contribution < 1.29 is 18.7 Å². The van der Waals surface area contributed by atoms with E-state index in [-0.39, 0.29) is 0 Å². The van der Waals surface area contributed by atoms with Crippen LogP contribution in [-0.2, 0) is 4.79 Å². The van der Waals surface area contributed by atoms with Gasteiger partial charge in [0, 0.05) is 12.1 Å². The number of carbonyl (C=O) groups excluding carboxylic acids is 1. The molecule has 62 valence electrons. The van der Waals surface area contributed by atoms with Gasteiger partial charge in [0.05, 0.1) is 0 Å². The summed E-state index contributed by atoms with van der Waals surface area (Å²) in [6.07, 6.45) is 1.06. The first kappa shape index (κ1) is 8.36. The monoisotopic (exact) mass is 171 g/mol. The van der Waals surface area contributed by atoms with Crippen molar-refractivity contribution in [3.05, 3.63) is 23.8 Å². The van der Waals surface area contributed by atoms with Gasteiger partial charge in [-0.15, -0.1) is 0 Å². The van der Waals surface area contributed by atoms with Gasteiger partial charge in [0.2, 0.25) is 6.08 Å². The summed E-state index contributed by atoms with van der Waals surface area (Å²) in [5.74, 6) is -2.94. The normalized spacial score (nSPS) is 9.17. The maximum atomic E-state index is 12.5. The first-order chi connectivity index (χ1) is 5.65. The van der Waals surface area contributed by atoms with E-state index in [0.717, 1.165) is 12.1 Å². The Morgan fingerprint density at radius 2 is 2.08 bits per heavy atom. The second-order valence-corrected chi connectivity index (χ2v) is 1.96. The van der Waals surface area contributed by atoms with Gasteiger partial charge in [0.1, 0.15) is 11.5 Å². The molecule has 0 unspecified atom stereocenters. The number of rotatable bonds is 1. The first-order valence-electron chi connectivity index (χ1n) is 2.91. The number of halogens is 2. The van der Waals surface area contributed by atoms with Crippen LogP contribution >= 0.6 is 0 Å². The Kier molecular flexibility index (Phi) is 2.16. The Morgan fingerprint density at radius 3 is 2.67 bits per heavy atom. The zero-order valence-corrected chi connectivity index (χ0v) is 5.71. The quantitative estimate of drug-likeness (QED) is 0.515. The second-order valence-electron chi connectivity index (χ2n) is 1.96. The van der Waals surface area contributed by atoms with Crippen molar-refractivity contribution in [3.8, 4) is 5.75 Å². The molecule has 0 atom stereocenters. The summed E-state index contributed by atoms with van der Waals surface area (Å²) in [5.41, 5.74) is -0.470. The summed E-state index contributed by atoms with van der Waals surface area (Å²) in [6.45, 7) is 0. The number of phenolic OH excluding ortho intramolecular Hbond substituents is 1. The van der Waals surface area contributed by atoms with E-state index in [9.17, 15) is 13.6 Å². The minimum Gasteiger partial charge on any atom is -0.503 e. The molecule has 3 nitrogen and oxygen atoms in total. The topological polar surface area (TPSA) is 49.7 Å². The molecular formula is C7H3F2NO2. The van der Waals surface area contributed by atoms with Crippen LogP contribution in [0.15, 0.2) is 17.1 Å². The van der Waals surface area contributed by atoms with Gasteiger partial charge >= 0.3 is 0 Å². The predicted octanol–water partition coefficient (Wildman–Crippen LogP) is 1.64. The highest BCUT2D eigenvalue weighted by atomic mass is 19.1. The predicted molar refractivity (Wildman–Crippen MR) is 35.8 cm³/mol. The molecule has 0 bridgehead atoms. The van der Waals surface area contributed by atoms with Crippen LogP contribution in [0.2, 0.25) is 0 Å². The Bertz CT molecular complexity index is 359. The van der Waals surface area contributed by atoms with Crippen LogP contribution in [0.4, 0.5) is 14.5 Å². The van der Waals surface area contributed by atoms with Crippen molar-refractivity contribution in [2.24, 2.45) is 4.99 Å². The lowest BCUT2D eigenvalue weighted by molar-refractivity contribution is 0.429. The number of isocyanates is 1. The molecule has 1 N–H and O–H groups in total. The van der Waals surface area contributed by atoms with Gasteiger partial charge in [-0.05, 0) is 0 Å². The summed E-state index contributed by atoms with van der Waals surface area (Å²) in [6, 6.07) is 1.21. The van der Waals surface area contributed by atoms with E-state index < -0.39 is 23.1 Å². The molecule has 0 aliphatic carbocycles. The number of phenols is 1. The van der Waals surface area contributed by atoms with Crippen molar-refractivity contribution in [1.29, 1.82) is 0 Å². The van der Waals surface area contributed by atoms with Gasteiger partial charge in [-0.25, -0.2) is 13.6 Å². The third kappa shape index (κ3) is 1.46. The molecule has 1 aromatic rings. The standard InChI is InChI=1S/C7H3F2NO2/c8-4-1-5(9)7(12)6(2-4)10-3-11/h1-2,12H. The Hall–Kier alpha value is -1.74. The molecule has 0 aromatic heterocycles. The average Bonchev–Trinajstić information content (AvgIpc) is 2.00. The van der Waals surface area contributed by atoms with Crippen molar-refractivity contribution in [2.75, 3.05) is 0 Å². The molecule has 0 saturated carbocycles. The third-order valence-corrected chi connectivity index (χ3v) is 1.17. The number of aliphatic imine (C=N–C) groups is 1. The number of aromatic hydroxyl groups is 1. The molecule has 0 fully saturated rings. The molecular weight excluding hydrogens is 168 g/mol. The molecule has 0 spiro atoms. The number of benzene rings is 1. The van der Waals surface area contributed by atoms with Crippen LogP contribution in [0, 0.1) is 11.6 Å². The van der Waals surface area contributed by atoms with Crippen molar-refractivity contribution in [2.45, 2.75) is 0 Å². The van der Waals surface area contributed by atoms with E-state index in [4.69, 9.17) is 5.11 Å². The van der Waals surface area contributed by atoms with Crippen LogP contribution in [0.5, 0.6) is 5.75 Å². The largest absolute Gasteiger partial charge is 0.503 e. The maximum Gasteiger partial charge on any atom is 0.240 e. The highest BCUT2D eigenvalue weighted by molar-refractivity contribution is 5.57. The fourth-order valence-corrected chi connectivity index (χ4v) is 0.687. The van der Waals surface area contributed by atoms with Gasteiger partial charge < -0.3 is 5.11 Å². The third-order valence-electron chi connectivity index (χ3n) is 1.17. The minimum atomic E-state index is -1.16. The Labute approximate surface area is 66.0 Å². The first-order valence-corrected chi connectivity index (χ1v) is 2.91. The minimum absolute atomic E-state index is 0.470. The fourth-order valence-electron chi connectivity index (χ4n) is 0.687. The Balaban J connectivity index is 3.36. The zero-order valence-electron chi connectivity index (χ0n) is 5.71. The molecule has 5 heteroatoms. The molecule has 0 aliphatic rings. The van der Waals surface area contributed by atoms with E-state index in [1.165, 1.54) is 0 Å². The van der Waals surface area contributed by atoms with Gasteiger partial charge in [0.25, 0.3) is 0 Å². The lowest BCUT2D eigenvalue weighted by Crippen LogP contribution is -1.80. The number of hydrogen-bond donors (Lipinski definition) is 1. The molecule has 0 heterocycles. The van der Waals surface area contributed by atoms with Crippen LogP contribution in [0.1, 0.15) is 0 Å². The molecule has 1 rings (SSSR count). The molecule has 0 amide bonds. The molecule has 0 radical (unpaired) electrons. The van der Waals surface area contributed by atoms with Gasteiger partial charge in [0.15, 0.2) is 11.6 Å². The number of nitrogens with zero attached hydrogens (tertiary/aromatic N) is 1. The lowest BCUT2D eigenvalue weighted by Gasteiger charge is -1.97. The second kappa shape index (κ2) is 3.11. The van der Waals surface area contributed by atoms with Crippen molar-refractivity contribution in [1.82, 2.24) is 0 Å². The summed E-state index contributed by atoms with van der Waals surface area (Å²) in [7, 11) is 0. The summed E-state index contributed by atoms with van der Waals surface area (Å²) in [5, 5.41) is 8.84. The van der Waals surface area contributed by atoms with Gasteiger partial charge in [-0.2, -0.15) is 4.99 Å². The smallest absolute Gasteiger partial charge is 0.240 e. The summed E-state index contributed by atoms with van der Waals surface area (Å²) in [4.78, 5) is 12.6. The van der Waals surface area contributed by atoms with Gasteiger partial charge in [-0.3, -0.25) is 0 Å². The maximum absolute atomic E-state index is 12.5. The molecule has 0 saturated heterocycles. The van der Waals surface area contributed by atoms with E-state index in [1.54, 1.807) is 0 Å². The Morgan fingerprint density at radius 1 is 1.42 bits per heavy atom.